The summed E-state index contributed by atoms with van der Waals surface area (Å²) in [6.45, 7) is 2.28. The van der Waals surface area contributed by atoms with E-state index >= 15 is 0 Å². The van der Waals surface area contributed by atoms with Crippen molar-refractivity contribution in [1.29, 1.82) is 0 Å². The molecule has 1 aliphatic rings. The van der Waals surface area contributed by atoms with E-state index in [1.807, 2.05) is 18.2 Å². The maximum absolute atomic E-state index is 11.9. The van der Waals surface area contributed by atoms with E-state index in [9.17, 15) is 4.79 Å². The van der Waals surface area contributed by atoms with E-state index in [0.717, 1.165) is 5.96 Å². The maximum Gasteiger partial charge on any atom is 0.243 e. The molecule has 0 spiro atoms. The van der Waals surface area contributed by atoms with Gasteiger partial charge >= 0.3 is 0 Å². The molecule has 5 nitrogen and oxygen atoms in total. The van der Waals surface area contributed by atoms with Gasteiger partial charge in [-0.3, -0.25) is 4.79 Å². The van der Waals surface area contributed by atoms with Gasteiger partial charge in [0.15, 0.2) is 5.96 Å². The minimum absolute atomic E-state index is 0.00658. The molecule has 2 N–H and O–H groups in total. The predicted molar refractivity (Wildman–Crippen MR) is 99.0 cm³/mol. The van der Waals surface area contributed by atoms with Gasteiger partial charge < -0.3 is 15.5 Å². The van der Waals surface area contributed by atoms with Crippen molar-refractivity contribution in [3.8, 4) is 0 Å². The van der Waals surface area contributed by atoms with Crippen molar-refractivity contribution in [2.24, 2.45) is 4.99 Å². The molecule has 1 aromatic carbocycles. The zero-order valence-corrected chi connectivity index (χ0v) is 15.1. The molecule has 0 bridgehead atoms. The average molecular weight is 330 g/mol. The normalized spacial score (nSPS) is 17.2. The van der Waals surface area contributed by atoms with E-state index < -0.39 is 0 Å². The predicted octanol–water partition coefficient (Wildman–Crippen LogP) is 2.70. The second kappa shape index (κ2) is 9.30. The van der Waals surface area contributed by atoms with E-state index in [4.69, 9.17) is 0 Å². The fourth-order valence-corrected chi connectivity index (χ4v) is 2.89. The molecule has 132 valence electrons. The number of benzene rings is 1. The van der Waals surface area contributed by atoms with Gasteiger partial charge in [0.2, 0.25) is 5.91 Å². The van der Waals surface area contributed by atoms with E-state index in [1.54, 1.807) is 19.0 Å². The number of amides is 1. The van der Waals surface area contributed by atoms with Crippen LogP contribution in [0.5, 0.6) is 0 Å². The molecular weight excluding hydrogens is 300 g/mol. The number of hydrogen-bond donors (Lipinski definition) is 2. The molecule has 1 amide bonds. The molecule has 0 aliphatic heterocycles. The molecule has 5 heteroatoms. The highest BCUT2D eigenvalue weighted by molar-refractivity contribution is 5.85. The average Bonchev–Trinajstić information content (AvgIpc) is 2.60. The van der Waals surface area contributed by atoms with Crippen LogP contribution in [0.3, 0.4) is 0 Å². The first kappa shape index (κ1) is 18.3. The Balaban J connectivity index is 2.03. The van der Waals surface area contributed by atoms with Gasteiger partial charge in [-0.05, 0) is 25.3 Å². The molecule has 0 aromatic heterocycles. The Morgan fingerprint density at radius 2 is 1.88 bits per heavy atom. The summed E-state index contributed by atoms with van der Waals surface area (Å²) in [6.07, 6.45) is 6.17. The van der Waals surface area contributed by atoms with Crippen LogP contribution >= 0.6 is 0 Å². The Hall–Kier alpha value is -2.04. The smallest absolute Gasteiger partial charge is 0.243 e. The summed E-state index contributed by atoms with van der Waals surface area (Å²) in [5.74, 6) is 0.737. The fourth-order valence-electron chi connectivity index (χ4n) is 2.89. The molecule has 0 heterocycles. The fraction of sp³-hybridized carbons (Fsp3) is 0.579. The molecule has 1 fully saturated rings. The molecule has 24 heavy (non-hydrogen) atoms. The number of likely N-dealkylation sites (N-methyl/N-ethyl adjacent to an activating group) is 1. The summed E-state index contributed by atoms with van der Waals surface area (Å²) in [7, 11) is 3.51. The van der Waals surface area contributed by atoms with Crippen LogP contribution in [0.15, 0.2) is 35.3 Å². The number of nitrogens with one attached hydrogen (secondary N) is 2. The lowest BCUT2D eigenvalue weighted by molar-refractivity contribution is -0.127. The zero-order chi connectivity index (χ0) is 17.4. The maximum atomic E-state index is 11.9. The van der Waals surface area contributed by atoms with Gasteiger partial charge in [-0.2, -0.15) is 0 Å². The third-order valence-electron chi connectivity index (χ3n) is 4.47. The van der Waals surface area contributed by atoms with Gasteiger partial charge in [0.25, 0.3) is 0 Å². The zero-order valence-electron chi connectivity index (χ0n) is 15.1. The summed E-state index contributed by atoms with van der Waals surface area (Å²) < 4.78 is 0. The third-order valence-corrected chi connectivity index (χ3v) is 4.47. The van der Waals surface area contributed by atoms with Crippen LogP contribution < -0.4 is 10.6 Å². The summed E-state index contributed by atoms with van der Waals surface area (Å²) >= 11 is 0. The van der Waals surface area contributed by atoms with E-state index in [2.05, 4.69) is 34.7 Å². The van der Waals surface area contributed by atoms with Crippen molar-refractivity contribution < 1.29 is 4.79 Å². The number of nitrogens with zero attached hydrogens (tertiary/aromatic N) is 2. The summed E-state index contributed by atoms with van der Waals surface area (Å²) in [5, 5.41) is 6.96. The molecule has 0 saturated heterocycles. The molecule has 1 aliphatic carbocycles. The first-order valence-electron chi connectivity index (χ1n) is 8.89. The van der Waals surface area contributed by atoms with Gasteiger partial charge in [0.05, 0.1) is 6.04 Å². The molecule has 1 saturated carbocycles. The van der Waals surface area contributed by atoms with Crippen molar-refractivity contribution >= 4 is 11.9 Å². The highest BCUT2D eigenvalue weighted by Gasteiger charge is 2.16. The first-order valence-corrected chi connectivity index (χ1v) is 8.89. The van der Waals surface area contributed by atoms with Crippen LogP contribution in [-0.2, 0) is 4.79 Å². The number of hydrogen-bond acceptors (Lipinski definition) is 2. The second-order valence-corrected chi connectivity index (χ2v) is 6.71. The Labute approximate surface area is 145 Å². The highest BCUT2D eigenvalue weighted by atomic mass is 16.2. The van der Waals surface area contributed by atoms with Crippen LogP contribution in [0.2, 0.25) is 0 Å². The van der Waals surface area contributed by atoms with Crippen LogP contribution in [-0.4, -0.2) is 43.4 Å². The molecule has 0 radical (unpaired) electrons. The topological polar surface area (TPSA) is 56.7 Å². The number of rotatable bonds is 5. The number of carbonyl (C=O) groups excluding carboxylic acids is 1. The molecule has 1 atom stereocenters. The Morgan fingerprint density at radius 3 is 2.50 bits per heavy atom. The van der Waals surface area contributed by atoms with E-state index in [-0.39, 0.29) is 18.5 Å². The van der Waals surface area contributed by atoms with Crippen molar-refractivity contribution in [3.63, 3.8) is 0 Å². The molecule has 1 aromatic rings. The van der Waals surface area contributed by atoms with Gasteiger partial charge in [0, 0.05) is 20.1 Å². The van der Waals surface area contributed by atoms with E-state index in [1.165, 1.54) is 37.7 Å². The van der Waals surface area contributed by atoms with Gasteiger partial charge in [0.1, 0.15) is 6.54 Å². The minimum atomic E-state index is 0.00658. The first-order chi connectivity index (χ1) is 11.6. The van der Waals surface area contributed by atoms with Crippen LogP contribution in [0.25, 0.3) is 0 Å². The van der Waals surface area contributed by atoms with Crippen molar-refractivity contribution in [2.45, 2.75) is 51.1 Å². The number of aliphatic imine (C=N–C) groups is 1. The van der Waals surface area contributed by atoms with Gasteiger partial charge in [-0.1, -0.05) is 49.6 Å². The molecule has 1 unspecified atom stereocenters. The van der Waals surface area contributed by atoms with Crippen LogP contribution in [0, 0.1) is 0 Å². The standard InChI is InChI=1S/C19H30N4O/c1-15(16-10-6-4-7-11-16)21-19(20-14-18(24)23(2)3)22-17-12-8-5-9-13-17/h4,6-7,10-11,15,17H,5,8-9,12-14H2,1-3H3,(H2,20,21,22). The Kier molecular flexibility index (Phi) is 7.09. The van der Waals surface area contributed by atoms with Gasteiger partial charge in [-0.25, -0.2) is 4.99 Å². The lowest BCUT2D eigenvalue weighted by atomic mass is 9.96. The van der Waals surface area contributed by atoms with Crippen molar-refractivity contribution in [2.75, 3.05) is 20.6 Å². The Bertz CT molecular complexity index is 536. The quantitative estimate of drug-likeness (QED) is 0.645. The van der Waals surface area contributed by atoms with Crippen LogP contribution in [0.1, 0.15) is 50.6 Å². The SMILES string of the molecule is CC(NC(=NCC(=O)N(C)C)NC1CCCCC1)c1ccccc1. The lowest BCUT2D eigenvalue weighted by Crippen LogP contribution is -2.45. The van der Waals surface area contributed by atoms with Crippen LogP contribution in [0.4, 0.5) is 0 Å². The summed E-state index contributed by atoms with van der Waals surface area (Å²) in [6, 6.07) is 10.9. The number of carbonyl (C=O) groups is 1. The number of guanidine groups is 1. The Morgan fingerprint density at radius 1 is 1.21 bits per heavy atom. The van der Waals surface area contributed by atoms with Crippen molar-refractivity contribution in [1.82, 2.24) is 15.5 Å². The monoisotopic (exact) mass is 330 g/mol. The highest BCUT2D eigenvalue weighted by Crippen LogP contribution is 2.17. The summed E-state index contributed by atoms with van der Waals surface area (Å²) in [5.41, 5.74) is 1.20. The largest absolute Gasteiger partial charge is 0.354 e. The van der Waals surface area contributed by atoms with Crippen molar-refractivity contribution in [3.05, 3.63) is 35.9 Å². The van der Waals surface area contributed by atoms with E-state index in [0.29, 0.717) is 6.04 Å². The second-order valence-electron chi connectivity index (χ2n) is 6.71. The third kappa shape index (κ3) is 5.87. The lowest BCUT2D eigenvalue weighted by Gasteiger charge is -2.27. The molecular formula is C19H30N4O. The molecule has 2 rings (SSSR count). The van der Waals surface area contributed by atoms with Gasteiger partial charge in [-0.15, -0.1) is 0 Å². The summed E-state index contributed by atoms with van der Waals surface area (Å²) in [4.78, 5) is 17.9. The minimum Gasteiger partial charge on any atom is -0.354 e.